The molecule has 8 heteroatoms. The molecule has 2 aromatic rings. The number of rotatable bonds is 5. The van der Waals surface area contributed by atoms with Crippen LogP contribution in [0, 0.1) is 10.1 Å². The van der Waals surface area contributed by atoms with Gasteiger partial charge in [-0.3, -0.25) is 10.1 Å². The van der Waals surface area contributed by atoms with Crippen LogP contribution in [0.3, 0.4) is 0 Å². The Balaban J connectivity index is 1.91. The Morgan fingerprint density at radius 3 is 2.72 bits per heavy atom. The van der Waals surface area contributed by atoms with Crippen LogP contribution in [0.25, 0.3) is 0 Å². The third-order valence-corrected chi connectivity index (χ3v) is 4.16. The van der Waals surface area contributed by atoms with Crippen molar-refractivity contribution in [3.63, 3.8) is 0 Å². The number of anilines is 1. The molecule has 0 radical (unpaired) electrons. The summed E-state index contributed by atoms with van der Waals surface area (Å²) in [5, 5.41) is 11.0. The molecular formula is C17H16F2N2O4. The summed E-state index contributed by atoms with van der Waals surface area (Å²) in [6, 6.07) is 9.79. The van der Waals surface area contributed by atoms with E-state index in [4.69, 9.17) is 4.74 Å². The lowest BCUT2D eigenvalue weighted by atomic mass is 9.98. The van der Waals surface area contributed by atoms with E-state index in [9.17, 15) is 18.9 Å². The number of nitro groups is 1. The van der Waals surface area contributed by atoms with Gasteiger partial charge in [-0.05, 0) is 24.1 Å². The molecule has 6 nitrogen and oxygen atoms in total. The number of hydrogen-bond donors (Lipinski definition) is 0. The SMILES string of the molecule is COc1cccc2c1CCN(c1ccc([N+](=O)[O-])c(OC(F)F)c1)C2. The summed E-state index contributed by atoms with van der Waals surface area (Å²) in [6.45, 7) is -1.93. The van der Waals surface area contributed by atoms with Gasteiger partial charge in [-0.15, -0.1) is 0 Å². The van der Waals surface area contributed by atoms with Crippen molar-refractivity contribution >= 4 is 11.4 Å². The molecule has 0 atom stereocenters. The molecule has 0 spiro atoms. The van der Waals surface area contributed by atoms with Gasteiger partial charge < -0.3 is 14.4 Å². The zero-order valence-electron chi connectivity index (χ0n) is 13.4. The molecule has 0 N–H and O–H groups in total. The third-order valence-electron chi connectivity index (χ3n) is 4.16. The molecule has 132 valence electrons. The van der Waals surface area contributed by atoms with Gasteiger partial charge in [0.05, 0.1) is 12.0 Å². The minimum atomic E-state index is -3.12. The fraction of sp³-hybridized carbons (Fsp3) is 0.294. The van der Waals surface area contributed by atoms with Gasteiger partial charge in [0.1, 0.15) is 5.75 Å². The smallest absolute Gasteiger partial charge is 0.387 e. The van der Waals surface area contributed by atoms with Crippen LogP contribution in [-0.2, 0) is 13.0 Å². The molecular weight excluding hydrogens is 334 g/mol. The number of nitro benzene ring substituents is 1. The van der Waals surface area contributed by atoms with Gasteiger partial charge in [0.2, 0.25) is 5.75 Å². The molecule has 2 aromatic carbocycles. The maximum Gasteiger partial charge on any atom is 0.387 e. The third kappa shape index (κ3) is 3.47. The molecule has 0 bridgehead atoms. The first-order valence-electron chi connectivity index (χ1n) is 7.62. The molecule has 3 rings (SSSR count). The molecule has 0 saturated heterocycles. The van der Waals surface area contributed by atoms with Gasteiger partial charge in [0.15, 0.2) is 0 Å². The molecule has 1 aliphatic heterocycles. The number of benzene rings is 2. The fourth-order valence-corrected chi connectivity index (χ4v) is 3.03. The van der Waals surface area contributed by atoms with E-state index in [1.165, 1.54) is 12.1 Å². The number of nitrogens with zero attached hydrogens (tertiary/aromatic N) is 2. The van der Waals surface area contributed by atoms with Crippen molar-refractivity contribution in [2.24, 2.45) is 0 Å². The highest BCUT2D eigenvalue weighted by atomic mass is 19.3. The first-order valence-corrected chi connectivity index (χ1v) is 7.62. The first kappa shape index (κ1) is 16.9. The Bertz CT molecular complexity index is 798. The highest BCUT2D eigenvalue weighted by Gasteiger charge is 2.23. The Morgan fingerprint density at radius 1 is 1.24 bits per heavy atom. The average molecular weight is 350 g/mol. The number of alkyl halides is 2. The minimum Gasteiger partial charge on any atom is -0.496 e. The van der Waals surface area contributed by atoms with Crippen LogP contribution < -0.4 is 14.4 Å². The van der Waals surface area contributed by atoms with Crippen molar-refractivity contribution in [1.29, 1.82) is 0 Å². The summed E-state index contributed by atoms with van der Waals surface area (Å²) in [4.78, 5) is 12.2. The summed E-state index contributed by atoms with van der Waals surface area (Å²) < 4.78 is 34.8. The fourth-order valence-electron chi connectivity index (χ4n) is 3.03. The van der Waals surface area contributed by atoms with E-state index in [-0.39, 0.29) is 0 Å². The van der Waals surface area contributed by atoms with Gasteiger partial charge >= 0.3 is 12.3 Å². The van der Waals surface area contributed by atoms with E-state index in [1.807, 2.05) is 23.1 Å². The summed E-state index contributed by atoms with van der Waals surface area (Å²) in [6.07, 6.45) is 0.724. The van der Waals surface area contributed by atoms with E-state index in [1.54, 1.807) is 13.2 Å². The first-order chi connectivity index (χ1) is 12.0. The van der Waals surface area contributed by atoms with Crippen LogP contribution in [0.2, 0.25) is 0 Å². The zero-order valence-corrected chi connectivity index (χ0v) is 13.4. The second-order valence-electron chi connectivity index (χ2n) is 5.56. The lowest BCUT2D eigenvalue weighted by Gasteiger charge is -2.31. The van der Waals surface area contributed by atoms with E-state index >= 15 is 0 Å². The van der Waals surface area contributed by atoms with Gasteiger partial charge in [0.25, 0.3) is 0 Å². The number of methoxy groups -OCH3 is 1. The van der Waals surface area contributed by atoms with Crippen LogP contribution in [0.4, 0.5) is 20.2 Å². The van der Waals surface area contributed by atoms with Crippen molar-refractivity contribution in [1.82, 2.24) is 0 Å². The molecule has 0 saturated carbocycles. The van der Waals surface area contributed by atoms with E-state index in [0.717, 1.165) is 23.3 Å². The Morgan fingerprint density at radius 2 is 2.04 bits per heavy atom. The predicted molar refractivity (Wildman–Crippen MR) is 87.5 cm³/mol. The highest BCUT2D eigenvalue weighted by molar-refractivity contribution is 5.60. The minimum absolute atomic E-state index is 0.436. The van der Waals surface area contributed by atoms with Gasteiger partial charge in [-0.1, -0.05) is 12.1 Å². The van der Waals surface area contributed by atoms with Crippen LogP contribution in [0.1, 0.15) is 11.1 Å². The second kappa shape index (κ2) is 6.92. The molecule has 0 amide bonds. The van der Waals surface area contributed by atoms with Gasteiger partial charge in [-0.25, -0.2) is 0 Å². The van der Waals surface area contributed by atoms with Crippen LogP contribution >= 0.6 is 0 Å². The Kier molecular flexibility index (Phi) is 4.69. The predicted octanol–water partition coefficient (Wildman–Crippen LogP) is 3.77. The quantitative estimate of drug-likeness (QED) is 0.607. The largest absolute Gasteiger partial charge is 0.496 e. The number of halogens is 2. The van der Waals surface area contributed by atoms with Crippen LogP contribution in [0.15, 0.2) is 36.4 Å². The Hall–Kier alpha value is -2.90. The number of hydrogen-bond acceptors (Lipinski definition) is 5. The van der Waals surface area contributed by atoms with Crippen molar-refractivity contribution in [2.75, 3.05) is 18.6 Å². The zero-order chi connectivity index (χ0) is 18.0. The topological polar surface area (TPSA) is 64.8 Å². The van der Waals surface area contributed by atoms with Crippen molar-refractivity contribution in [3.8, 4) is 11.5 Å². The standard InChI is InChI=1S/C17H16F2N2O4/c1-24-15-4-2-3-11-10-20(8-7-13(11)15)12-5-6-14(21(22)23)16(9-12)25-17(18)19/h2-6,9,17H,7-8,10H2,1H3. The number of ether oxygens (including phenoxy) is 2. The van der Waals surface area contributed by atoms with E-state index in [2.05, 4.69) is 4.74 Å². The van der Waals surface area contributed by atoms with Crippen molar-refractivity contribution in [3.05, 3.63) is 57.6 Å². The maximum absolute atomic E-state index is 12.5. The molecule has 0 aliphatic carbocycles. The lowest BCUT2D eigenvalue weighted by Crippen LogP contribution is -2.30. The molecule has 1 aliphatic rings. The van der Waals surface area contributed by atoms with Crippen molar-refractivity contribution < 1.29 is 23.2 Å². The molecule has 0 fully saturated rings. The summed E-state index contributed by atoms with van der Waals surface area (Å²) in [5.74, 6) is 0.386. The molecule has 0 unspecified atom stereocenters. The monoisotopic (exact) mass is 350 g/mol. The highest BCUT2D eigenvalue weighted by Crippen LogP contribution is 2.35. The van der Waals surface area contributed by atoms with E-state index < -0.39 is 23.0 Å². The maximum atomic E-state index is 12.5. The van der Waals surface area contributed by atoms with Gasteiger partial charge in [0, 0.05) is 36.5 Å². The molecule has 0 aromatic heterocycles. The summed E-state index contributed by atoms with van der Waals surface area (Å²) >= 11 is 0. The summed E-state index contributed by atoms with van der Waals surface area (Å²) in [7, 11) is 1.62. The molecule has 25 heavy (non-hydrogen) atoms. The normalized spacial score (nSPS) is 13.5. The van der Waals surface area contributed by atoms with E-state index in [0.29, 0.717) is 18.8 Å². The average Bonchev–Trinajstić information content (AvgIpc) is 2.59. The Labute approximate surface area is 142 Å². The number of fused-ring (bicyclic) bond motifs is 1. The summed E-state index contributed by atoms with van der Waals surface area (Å²) in [5.41, 5.74) is 2.30. The lowest BCUT2D eigenvalue weighted by molar-refractivity contribution is -0.386. The van der Waals surface area contributed by atoms with Gasteiger partial charge in [-0.2, -0.15) is 8.78 Å². The van der Waals surface area contributed by atoms with Crippen molar-refractivity contribution in [2.45, 2.75) is 19.6 Å². The second-order valence-corrected chi connectivity index (χ2v) is 5.56. The van der Waals surface area contributed by atoms with Crippen LogP contribution in [-0.4, -0.2) is 25.2 Å². The molecule has 1 heterocycles. The van der Waals surface area contributed by atoms with Crippen LogP contribution in [0.5, 0.6) is 11.5 Å².